The molecule has 6 N–H and O–H groups in total. The third-order valence-electron chi connectivity index (χ3n) is 3.26. The second kappa shape index (κ2) is 14.7. The summed E-state index contributed by atoms with van der Waals surface area (Å²) in [5.74, 6) is -1.41. The van der Waals surface area contributed by atoms with Gasteiger partial charge < -0.3 is 31.5 Å². The van der Waals surface area contributed by atoms with Gasteiger partial charge in [0.1, 0.15) is 0 Å². The zero-order valence-electron chi connectivity index (χ0n) is 14.7. The predicted octanol–water partition coefficient (Wildman–Crippen LogP) is -2.20. The summed E-state index contributed by atoms with van der Waals surface area (Å²) in [6.07, 6.45) is -2.87. The average Bonchev–Trinajstić information content (AvgIpc) is 2.65. The first-order valence-corrected chi connectivity index (χ1v) is 9.84. The van der Waals surface area contributed by atoms with Gasteiger partial charge in [0.25, 0.3) is 5.91 Å². The van der Waals surface area contributed by atoms with Crippen molar-refractivity contribution in [3.05, 3.63) is 0 Å². The van der Waals surface area contributed by atoms with Crippen LogP contribution in [0.25, 0.3) is 0 Å². The summed E-state index contributed by atoms with van der Waals surface area (Å²) in [5.41, 5.74) is 0. The molecule has 0 saturated heterocycles. The van der Waals surface area contributed by atoms with Crippen molar-refractivity contribution >= 4 is 46.2 Å². The van der Waals surface area contributed by atoms with Gasteiger partial charge >= 0.3 is 0 Å². The van der Waals surface area contributed by atoms with Gasteiger partial charge in [0, 0.05) is 39.0 Å². The number of aliphatic hydroxyl groups excluding tert-OH is 2. The Bertz CT molecular complexity index is 477. The first kappa shape index (κ1) is 24.5. The number of halogens is 1. The molecule has 0 saturated carbocycles. The summed E-state index contributed by atoms with van der Waals surface area (Å²) in [4.78, 5) is 45.3. The molecule has 11 heteroatoms. The van der Waals surface area contributed by atoms with Crippen LogP contribution >= 0.6 is 22.6 Å². The first-order chi connectivity index (χ1) is 12.3. The fraction of sp³-hybridized carbons (Fsp3) is 0.733. The van der Waals surface area contributed by atoms with Crippen molar-refractivity contribution in [1.29, 1.82) is 0 Å². The molecule has 2 atom stereocenters. The summed E-state index contributed by atoms with van der Waals surface area (Å²) < 4.78 is 0.336. The van der Waals surface area contributed by atoms with E-state index in [-0.39, 0.29) is 50.2 Å². The Labute approximate surface area is 166 Å². The molecule has 0 rings (SSSR count). The van der Waals surface area contributed by atoms with Crippen molar-refractivity contribution in [1.82, 2.24) is 21.3 Å². The Balaban J connectivity index is 3.90. The lowest BCUT2D eigenvalue weighted by atomic mass is 10.1. The molecule has 0 aromatic rings. The summed E-state index contributed by atoms with van der Waals surface area (Å²) in [6, 6.07) is 0. The van der Waals surface area contributed by atoms with E-state index in [0.717, 1.165) is 0 Å². The van der Waals surface area contributed by atoms with Crippen LogP contribution in [0.4, 0.5) is 0 Å². The number of alkyl halides is 1. The van der Waals surface area contributed by atoms with E-state index in [4.69, 9.17) is 0 Å². The minimum atomic E-state index is -1.66. The van der Waals surface area contributed by atoms with Gasteiger partial charge in [-0.1, -0.05) is 29.5 Å². The molecule has 0 radical (unpaired) electrons. The normalized spacial score (nSPS) is 12.6. The first-order valence-electron chi connectivity index (χ1n) is 8.31. The van der Waals surface area contributed by atoms with Crippen molar-refractivity contribution < 1.29 is 29.4 Å². The van der Waals surface area contributed by atoms with E-state index in [0.29, 0.717) is 17.4 Å². The smallest absolute Gasteiger partial charge is 0.251 e. The van der Waals surface area contributed by atoms with Gasteiger partial charge in [-0.2, -0.15) is 0 Å². The molecule has 0 aliphatic carbocycles. The van der Waals surface area contributed by atoms with Crippen LogP contribution in [-0.2, 0) is 19.2 Å². The molecule has 0 heterocycles. The van der Waals surface area contributed by atoms with Crippen molar-refractivity contribution in [2.75, 3.05) is 30.6 Å². The Morgan fingerprint density at radius 2 is 1.35 bits per heavy atom. The molecule has 0 aliphatic rings. The molecule has 10 nitrogen and oxygen atoms in total. The van der Waals surface area contributed by atoms with Gasteiger partial charge in [-0.15, -0.1) is 0 Å². The molecule has 0 unspecified atom stereocenters. The van der Waals surface area contributed by atoms with Crippen LogP contribution in [0.2, 0.25) is 0 Å². The zero-order chi connectivity index (χ0) is 19.9. The molecule has 150 valence electrons. The standard InChI is InChI=1S/C15H27IN4O6/c1-2-11(22)17-7-8-20-15(26)14(25)10(21)3-4-12(23)18-5-6-19-13(24)9-16/h10,14,21,25H,2-9H2,1H3,(H,17,22)(H,18,23)(H,19,24)(H,20,26)/t10-,14+/m1/s1. The SMILES string of the molecule is CCC(=O)NCCNC(=O)[C@@H](O)[C@H](O)CCC(=O)NCCNC(=O)CI. The number of carbonyl (C=O) groups is 4. The molecule has 0 aliphatic heterocycles. The van der Waals surface area contributed by atoms with Crippen molar-refractivity contribution in [3.8, 4) is 0 Å². The Morgan fingerprint density at radius 3 is 1.88 bits per heavy atom. The molecule has 0 aromatic heterocycles. The van der Waals surface area contributed by atoms with Gasteiger partial charge in [0.15, 0.2) is 6.10 Å². The second-order valence-corrected chi connectivity index (χ2v) is 6.14. The minimum absolute atomic E-state index is 0.0711. The maximum Gasteiger partial charge on any atom is 0.251 e. The molecule has 26 heavy (non-hydrogen) atoms. The lowest BCUT2D eigenvalue weighted by Gasteiger charge is -2.17. The van der Waals surface area contributed by atoms with Crippen molar-refractivity contribution in [2.24, 2.45) is 0 Å². The second-order valence-electron chi connectivity index (χ2n) is 5.38. The molecule has 4 amide bonds. The highest BCUT2D eigenvalue weighted by Gasteiger charge is 2.24. The Hall–Kier alpha value is -1.47. The lowest BCUT2D eigenvalue weighted by molar-refractivity contribution is -0.136. The number of hydrogen-bond donors (Lipinski definition) is 6. The van der Waals surface area contributed by atoms with E-state index in [1.807, 2.05) is 22.6 Å². The quantitative estimate of drug-likeness (QED) is 0.0986. The van der Waals surface area contributed by atoms with Crippen LogP contribution in [0.1, 0.15) is 26.2 Å². The van der Waals surface area contributed by atoms with E-state index in [9.17, 15) is 29.4 Å². The molecule has 0 bridgehead atoms. The van der Waals surface area contributed by atoms with E-state index < -0.39 is 18.1 Å². The molecular formula is C15H27IN4O6. The highest BCUT2D eigenvalue weighted by Crippen LogP contribution is 2.03. The van der Waals surface area contributed by atoms with E-state index in [1.54, 1.807) is 6.92 Å². The summed E-state index contributed by atoms with van der Waals surface area (Å²) >= 11 is 1.92. The van der Waals surface area contributed by atoms with Crippen LogP contribution < -0.4 is 21.3 Å². The van der Waals surface area contributed by atoms with Crippen LogP contribution in [0.3, 0.4) is 0 Å². The number of rotatable bonds is 13. The van der Waals surface area contributed by atoms with E-state index in [1.165, 1.54) is 0 Å². The summed E-state index contributed by atoms with van der Waals surface area (Å²) in [5, 5.41) is 29.6. The number of amides is 4. The maximum atomic E-state index is 11.7. The van der Waals surface area contributed by atoms with Gasteiger partial charge in [-0.05, 0) is 6.42 Å². The lowest BCUT2D eigenvalue weighted by Crippen LogP contribution is -2.45. The highest BCUT2D eigenvalue weighted by atomic mass is 127. The molecule has 0 spiro atoms. The Kier molecular flexibility index (Phi) is 13.8. The Morgan fingerprint density at radius 1 is 0.846 bits per heavy atom. The highest BCUT2D eigenvalue weighted by molar-refractivity contribution is 14.1. The topological polar surface area (TPSA) is 157 Å². The van der Waals surface area contributed by atoms with Crippen LogP contribution in [0.15, 0.2) is 0 Å². The molecule has 0 aromatic carbocycles. The van der Waals surface area contributed by atoms with E-state index in [2.05, 4.69) is 21.3 Å². The van der Waals surface area contributed by atoms with Crippen molar-refractivity contribution in [2.45, 2.75) is 38.4 Å². The number of hydrogen-bond acceptors (Lipinski definition) is 6. The fourth-order valence-electron chi connectivity index (χ4n) is 1.77. The summed E-state index contributed by atoms with van der Waals surface area (Å²) in [7, 11) is 0. The maximum absolute atomic E-state index is 11.7. The van der Waals surface area contributed by atoms with Gasteiger partial charge in [0.2, 0.25) is 17.7 Å². The van der Waals surface area contributed by atoms with Crippen LogP contribution in [0, 0.1) is 0 Å². The number of carbonyl (C=O) groups excluding carboxylic acids is 4. The third kappa shape index (κ3) is 12.0. The average molecular weight is 486 g/mol. The fourth-order valence-corrected chi connectivity index (χ4v) is 2.04. The zero-order valence-corrected chi connectivity index (χ0v) is 16.9. The van der Waals surface area contributed by atoms with Crippen LogP contribution in [-0.4, -0.2) is 76.7 Å². The van der Waals surface area contributed by atoms with E-state index >= 15 is 0 Å². The van der Waals surface area contributed by atoms with Gasteiger partial charge in [-0.3, -0.25) is 19.2 Å². The third-order valence-corrected chi connectivity index (χ3v) is 3.95. The van der Waals surface area contributed by atoms with Crippen molar-refractivity contribution in [3.63, 3.8) is 0 Å². The molecular weight excluding hydrogens is 459 g/mol. The van der Waals surface area contributed by atoms with Gasteiger partial charge in [-0.25, -0.2) is 0 Å². The monoisotopic (exact) mass is 486 g/mol. The van der Waals surface area contributed by atoms with Crippen LogP contribution in [0.5, 0.6) is 0 Å². The summed E-state index contributed by atoms with van der Waals surface area (Å²) in [6.45, 7) is 2.60. The minimum Gasteiger partial charge on any atom is -0.390 e. The van der Waals surface area contributed by atoms with Gasteiger partial charge in [0.05, 0.1) is 10.5 Å². The number of nitrogens with one attached hydrogen (secondary N) is 4. The predicted molar refractivity (Wildman–Crippen MR) is 102 cm³/mol. The molecule has 0 fully saturated rings. The largest absolute Gasteiger partial charge is 0.390 e. The number of aliphatic hydroxyl groups is 2.